The minimum atomic E-state index is -1.33. The van der Waals surface area contributed by atoms with Crippen LogP contribution in [0, 0.1) is 0 Å². The minimum Gasteiger partial charge on any atom is -0.548 e. The molecule has 0 fully saturated rings. The van der Waals surface area contributed by atoms with Crippen LogP contribution in [0.2, 0.25) is 0 Å². The van der Waals surface area contributed by atoms with E-state index in [4.69, 9.17) is 5.11 Å². The molecule has 0 unspecified atom stereocenters. The first kappa shape index (κ1) is 28.3. The predicted molar refractivity (Wildman–Crippen MR) is 126 cm³/mol. The molecule has 0 aliphatic heterocycles. The van der Waals surface area contributed by atoms with Gasteiger partial charge in [-0.05, 0) is 19.1 Å². The predicted octanol–water partition coefficient (Wildman–Crippen LogP) is -1.06. The van der Waals surface area contributed by atoms with E-state index in [0.29, 0.717) is 5.69 Å². The number of para-hydroxylation sites is 1. The SMILES string of the molecule is CCO.O=C([O-])CN(CC(=O)[O-])c1ccccc1.[NH3+][C@H](c1ccccc1)[C@H]([NH3+])c1ccccc1. The van der Waals surface area contributed by atoms with E-state index in [9.17, 15) is 19.8 Å². The first-order valence-corrected chi connectivity index (χ1v) is 10.9. The van der Waals surface area contributed by atoms with E-state index in [1.54, 1.807) is 37.3 Å². The van der Waals surface area contributed by atoms with Crippen molar-refractivity contribution in [3.63, 3.8) is 0 Å². The molecule has 34 heavy (non-hydrogen) atoms. The van der Waals surface area contributed by atoms with Gasteiger partial charge in [-0.2, -0.15) is 0 Å². The van der Waals surface area contributed by atoms with Crippen LogP contribution in [-0.2, 0) is 9.59 Å². The van der Waals surface area contributed by atoms with Crippen molar-refractivity contribution in [2.75, 3.05) is 24.6 Å². The van der Waals surface area contributed by atoms with Gasteiger partial charge < -0.3 is 41.3 Å². The Bertz CT molecular complexity index is 896. The fraction of sp³-hybridized carbons (Fsp3) is 0.231. The van der Waals surface area contributed by atoms with Crippen molar-refractivity contribution in [3.05, 3.63) is 102 Å². The van der Waals surface area contributed by atoms with E-state index < -0.39 is 25.0 Å². The van der Waals surface area contributed by atoms with Crippen LogP contribution in [0.3, 0.4) is 0 Å². The highest BCUT2D eigenvalue weighted by molar-refractivity contribution is 5.77. The summed E-state index contributed by atoms with van der Waals surface area (Å²) in [6.45, 7) is 0.982. The average molecular weight is 468 g/mol. The molecule has 0 amide bonds. The van der Waals surface area contributed by atoms with Crippen LogP contribution >= 0.6 is 0 Å². The molecule has 7 N–H and O–H groups in total. The number of anilines is 1. The molecule has 0 spiro atoms. The molecule has 3 aromatic carbocycles. The molecule has 2 atom stereocenters. The third-order valence-electron chi connectivity index (χ3n) is 4.70. The number of carbonyl (C=O) groups excluding carboxylic acids is 2. The van der Waals surface area contributed by atoms with Gasteiger partial charge in [-0.25, -0.2) is 0 Å². The molecule has 0 saturated carbocycles. The molecular formula is C26H33N3O5. The van der Waals surface area contributed by atoms with Crippen LogP contribution in [0.25, 0.3) is 0 Å². The van der Waals surface area contributed by atoms with Gasteiger partial charge in [-0.1, -0.05) is 78.9 Å². The van der Waals surface area contributed by atoms with Gasteiger partial charge in [-0.15, -0.1) is 0 Å². The van der Waals surface area contributed by atoms with Gasteiger partial charge in [0.1, 0.15) is 0 Å². The lowest BCUT2D eigenvalue weighted by molar-refractivity contribution is -0.540. The van der Waals surface area contributed by atoms with Gasteiger partial charge in [0.15, 0.2) is 12.1 Å². The van der Waals surface area contributed by atoms with Gasteiger partial charge in [0.05, 0.1) is 25.0 Å². The topological polar surface area (TPSA) is 159 Å². The molecule has 0 saturated heterocycles. The van der Waals surface area contributed by atoms with E-state index in [0.717, 1.165) is 4.90 Å². The Balaban J connectivity index is 0.000000306. The molecule has 8 nitrogen and oxygen atoms in total. The first-order valence-electron chi connectivity index (χ1n) is 10.9. The van der Waals surface area contributed by atoms with Crippen LogP contribution in [0.5, 0.6) is 0 Å². The van der Waals surface area contributed by atoms with Crippen molar-refractivity contribution in [2.45, 2.75) is 19.0 Å². The fourth-order valence-electron chi connectivity index (χ4n) is 3.05. The second-order valence-electron chi connectivity index (χ2n) is 7.29. The standard InChI is InChI=1S/C14H16N2.C10H11NO4.C2H6O/c15-13(11-7-3-1-4-8-11)14(16)12-9-5-2-6-10-12;12-9(13)6-11(7-10(14)15)8-4-2-1-3-5-8;1-2-3/h1-10,13-14H,15-16H2;1-5H,6-7H2,(H,12,13)(H,14,15);3H,2H2,1H3/t13-,14-;;/m1../s1. The maximum absolute atomic E-state index is 10.4. The molecule has 0 radical (unpaired) electrons. The molecule has 0 heterocycles. The molecule has 3 rings (SSSR count). The molecule has 182 valence electrons. The number of aliphatic carboxylic acids is 2. The summed E-state index contributed by atoms with van der Waals surface area (Å²) in [5, 5.41) is 28.4. The van der Waals surface area contributed by atoms with Crippen LogP contribution in [0.1, 0.15) is 30.1 Å². The van der Waals surface area contributed by atoms with Crippen LogP contribution in [0.15, 0.2) is 91.0 Å². The summed E-state index contributed by atoms with van der Waals surface area (Å²) in [7, 11) is 0. The highest BCUT2D eigenvalue weighted by Gasteiger charge is 2.23. The number of aliphatic hydroxyl groups excluding tert-OH is 1. The number of hydrogen-bond acceptors (Lipinski definition) is 6. The number of benzene rings is 3. The number of nitrogens with zero attached hydrogens (tertiary/aromatic N) is 1. The molecule has 0 aromatic heterocycles. The largest absolute Gasteiger partial charge is 0.548 e. The Labute approximate surface area is 200 Å². The van der Waals surface area contributed by atoms with Crippen molar-refractivity contribution in [2.24, 2.45) is 0 Å². The maximum Gasteiger partial charge on any atom is 0.167 e. The van der Waals surface area contributed by atoms with Gasteiger partial charge in [0, 0.05) is 23.4 Å². The van der Waals surface area contributed by atoms with Crippen molar-refractivity contribution in [1.29, 1.82) is 0 Å². The van der Waals surface area contributed by atoms with Gasteiger partial charge >= 0.3 is 0 Å². The summed E-state index contributed by atoms with van der Waals surface area (Å²) in [5.41, 5.74) is 11.4. The molecule has 3 aromatic rings. The average Bonchev–Trinajstić information content (AvgIpc) is 2.85. The summed E-state index contributed by atoms with van der Waals surface area (Å²) in [6.07, 6.45) is 0. The van der Waals surface area contributed by atoms with Crippen molar-refractivity contribution in [1.82, 2.24) is 0 Å². The Morgan fingerprint density at radius 2 is 1.03 bits per heavy atom. The number of carboxylic acids is 2. The number of rotatable bonds is 8. The normalized spacial score (nSPS) is 11.5. The van der Waals surface area contributed by atoms with E-state index in [-0.39, 0.29) is 18.7 Å². The number of hydrogen-bond donors (Lipinski definition) is 3. The molecule has 8 heteroatoms. The van der Waals surface area contributed by atoms with E-state index in [2.05, 4.69) is 35.7 Å². The van der Waals surface area contributed by atoms with Crippen LogP contribution < -0.4 is 26.6 Å². The zero-order valence-corrected chi connectivity index (χ0v) is 19.4. The van der Waals surface area contributed by atoms with Gasteiger partial charge in [0.25, 0.3) is 0 Å². The summed E-state index contributed by atoms with van der Waals surface area (Å²) in [5.74, 6) is -2.67. The molecule has 0 aliphatic rings. The summed E-state index contributed by atoms with van der Waals surface area (Å²) in [6, 6.07) is 29.4. The smallest absolute Gasteiger partial charge is 0.167 e. The Kier molecular flexibility index (Phi) is 13.3. The second-order valence-corrected chi connectivity index (χ2v) is 7.29. The van der Waals surface area contributed by atoms with Crippen molar-refractivity contribution >= 4 is 17.6 Å². The Morgan fingerprint density at radius 1 is 0.735 bits per heavy atom. The van der Waals surface area contributed by atoms with Crippen LogP contribution in [0.4, 0.5) is 5.69 Å². The number of carboxylic acid groups (broad SMARTS) is 2. The highest BCUT2D eigenvalue weighted by Crippen LogP contribution is 2.20. The zero-order chi connectivity index (χ0) is 25.3. The molecule has 0 bridgehead atoms. The fourth-order valence-corrected chi connectivity index (χ4v) is 3.05. The number of aliphatic hydroxyl groups is 1. The molecule has 0 aliphatic carbocycles. The third kappa shape index (κ3) is 10.7. The van der Waals surface area contributed by atoms with Crippen molar-refractivity contribution in [3.8, 4) is 0 Å². The maximum atomic E-state index is 10.4. The van der Waals surface area contributed by atoms with E-state index in [1.165, 1.54) is 11.1 Å². The lowest BCUT2D eigenvalue weighted by Gasteiger charge is -2.25. The monoisotopic (exact) mass is 467 g/mol. The third-order valence-corrected chi connectivity index (χ3v) is 4.70. The van der Waals surface area contributed by atoms with Gasteiger partial charge in [-0.3, -0.25) is 0 Å². The van der Waals surface area contributed by atoms with E-state index in [1.807, 2.05) is 36.4 Å². The lowest BCUT2D eigenvalue weighted by atomic mass is 9.95. The van der Waals surface area contributed by atoms with Gasteiger partial charge in [0.2, 0.25) is 0 Å². The number of carbonyl (C=O) groups is 2. The Hall–Kier alpha value is -3.72. The lowest BCUT2D eigenvalue weighted by Crippen LogP contribution is -2.68. The quantitative estimate of drug-likeness (QED) is 0.383. The molecular weight excluding hydrogens is 434 g/mol. The first-order chi connectivity index (χ1) is 16.3. The second kappa shape index (κ2) is 16.0. The Morgan fingerprint density at radius 3 is 1.32 bits per heavy atom. The summed E-state index contributed by atoms with van der Waals surface area (Å²) >= 11 is 0. The van der Waals surface area contributed by atoms with Crippen molar-refractivity contribution < 1.29 is 36.4 Å². The summed E-state index contributed by atoms with van der Waals surface area (Å²) in [4.78, 5) is 22.0. The summed E-state index contributed by atoms with van der Waals surface area (Å²) < 4.78 is 0. The van der Waals surface area contributed by atoms with E-state index >= 15 is 0 Å². The van der Waals surface area contributed by atoms with Crippen LogP contribution in [-0.4, -0.2) is 36.7 Å². The highest BCUT2D eigenvalue weighted by atomic mass is 16.4. The minimum absolute atomic E-state index is 0.198. The number of quaternary nitrogens is 2. The zero-order valence-electron chi connectivity index (χ0n) is 19.4.